The van der Waals surface area contributed by atoms with Gasteiger partial charge in [0.1, 0.15) is 11.9 Å². The topological polar surface area (TPSA) is 66.8 Å². The van der Waals surface area contributed by atoms with E-state index in [4.69, 9.17) is 4.74 Å². The number of ketones is 1. The van der Waals surface area contributed by atoms with E-state index in [0.717, 1.165) is 12.8 Å². The number of β-amino-alcohol motifs (C(OH)–C–C–N with tert-alkyl or cyclic N) is 1. The fraction of sp³-hybridized carbons (Fsp3) is 0.524. The number of rotatable bonds is 3. The van der Waals surface area contributed by atoms with Gasteiger partial charge in [0.05, 0.1) is 24.1 Å². The summed E-state index contributed by atoms with van der Waals surface area (Å²) in [6, 6.07) is 5.30. The van der Waals surface area contributed by atoms with Crippen LogP contribution in [0.5, 0.6) is 0 Å². The number of carbonyl (C=O) groups excluding carboxylic acids is 2. The van der Waals surface area contributed by atoms with Crippen LogP contribution in [0.2, 0.25) is 0 Å². The smallest absolute Gasteiger partial charge is 0.290 e. The number of halogens is 1. The standard InChI is InChI=1S/C21H24FNO4/c1-11-9-12(2)16-15(10-11)27-20-17(19(16)25)18(23(7-8-24)21(20)26)13-5-3-4-6-14(13)22/h3-6,11-12,15-16,18,24H,7-10H2,1-2H3. The molecular formula is C21H24FNO4. The Morgan fingerprint density at radius 1 is 1.22 bits per heavy atom. The number of aliphatic hydroxyl groups excluding tert-OH is 1. The molecule has 1 amide bonds. The molecule has 1 aliphatic carbocycles. The van der Waals surface area contributed by atoms with Crippen LogP contribution in [0, 0.1) is 23.6 Å². The van der Waals surface area contributed by atoms with Crippen LogP contribution in [0.15, 0.2) is 35.6 Å². The first-order chi connectivity index (χ1) is 12.9. The van der Waals surface area contributed by atoms with Gasteiger partial charge in [-0.1, -0.05) is 32.0 Å². The average Bonchev–Trinajstić information content (AvgIpc) is 2.88. The molecule has 1 aromatic rings. The largest absolute Gasteiger partial charge is 0.483 e. The zero-order valence-corrected chi connectivity index (χ0v) is 15.5. The minimum absolute atomic E-state index is 0.0166. The first kappa shape index (κ1) is 18.2. The highest BCUT2D eigenvalue weighted by atomic mass is 19.1. The number of hydrogen-bond acceptors (Lipinski definition) is 4. The first-order valence-corrected chi connectivity index (χ1v) is 9.55. The quantitative estimate of drug-likeness (QED) is 0.884. The zero-order valence-electron chi connectivity index (χ0n) is 15.5. The summed E-state index contributed by atoms with van der Waals surface area (Å²) in [4.78, 5) is 27.8. The van der Waals surface area contributed by atoms with Crippen LogP contribution in [-0.4, -0.2) is 41.0 Å². The van der Waals surface area contributed by atoms with E-state index in [1.165, 1.54) is 11.0 Å². The summed E-state index contributed by atoms with van der Waals surface area (Å²) < 4.78 is 20.6. The summed E-state index contributed by atoms with van der Waals surface area (Å²) >= 11 is 0. The van der Waals surface area contributed by atoms with Crippen molar-refractivity contribution < 1.29 is 23.8 Å². The summed E-state index contributed by atoms with van der Waals surface area (Å²) in [5.41, 5.74) is 0.512. The number of ether oxygens (including phenoxy) is 1. The molecule has 1 fully saturated rings. The lowest BCUT2D eigenvalue weighted by Gasteiger charge is -2.41. The van der Waals surface area contributed by atoms with E-state index in [1.54, 1.807) is 18.2 Å². The second-order valence-corrected chi connectivity index (χ2v) is 7.99. The van der Waals surface area contributed by atoms with Crippen molar-refractivity contribution in [1.29, 1.82) is 0 Å². The van der Waals surface area contributed by atoms with Crippen molar-refractivity contribution >= 4 is 11.7 Å². The molecule has 0 aromatic heterocycles. The Morgan fingerprint density at radius 3 is 2.67 bits per heavy atom. The highest BCUT2D eigenvalue weighted by molar-refractivity contribution is 6.11. The van der Waals surface area contributed by atoms with Gasteiger partial charge in [-0.05, 0) is 30.7 Å². The van der Waals surface area contributed by atoms with E-state index >= 15 is 0 Å². The molecule has 3 aliphatic rings. The SMILES string of the molecule is CC1CC(C)C2C(=O)C3=C(OC2C1)C(=O)N(CCO)C3c1ccccc1F. The predicted molar refractivity (Wildman–Crippen MR) is 95.9 cm³/mol. The van der Waals surface area contributed by atoms with E-state index in [0.29, 0.717) is 5.92 Å². The van der Waals surface area contributed by atoms with Gasteiger partial charge < -0.3 is 14.7 Å². The third kappa shape index (κ3) is 2.78. The summed E-state index contributed by atoms with van der Waals surface area (Å²) in [5, 5.41) is 9.43. The van der Waals surface area contributed by atoms with Crippen molar-refractivity contribution in [3.05, 3.63) is 47.0 Å². The third-order valence-electron chi connectivity index (χ3n) is 6.09. The molecule has 0 spiro atoms. The van der Waals surface area contributed by atoms with Gasteiger partial charge in [0.2, 0.25) is 0 Å². The lowest BCUT2D eigenvalue weighted by Crippen LogP contribution is -2.45. The Bertz CT molecular complexity index is 820. The van der Waals surface area contributed by atoms with Crippen LogP contribution < -0.4 is 0 Å². The third-order valence-corrected chi connectivity index (χ3v) is 6.09. The summed E-state index contributed by atoms with van der Waals surface area (Å²) in [6.07, 6.45) is 1.35. The number of nitrogens with zero attached hydrogens (tertiary/aromatic N) is 1. The Balaban J connectivity index is 1.82. The van der Waals surface area contributed by atoms with Crippen LogP contribution >= 0.6 is 0 Å². The van der Waals surface area contributed by atoms with Gasteiger partial charge in [-0.15, -0.1) is 0 Å². The second-order valence-electron chi connectivity index (χ2n) is 7.99. The monoisotopic (exact) mass is 373 g/mol. The zero-order chi connectivity index (χ0) is 19.3. The Morgan fingerprint density at radius 2 is 1.96 bits per heavy atom. The molecule has 0 radical (unpaired) electrons. The fourth-order valence-electron chi connectivity index (χ4n) is 5.03. The van der Waals surface area contributed by atoms with Gasteiger partial charge in [0.25, 0.3) is 5.91 Å². The lowest BCUT2D eigenvalue weighted by molar-refractivity contribution is -0.138. The van der Waals surface area contributed by atoms with Crippen molar-refractivity contribution in [3.8, 4) is 0 Å². The van der Waals surface area contributed by atoms with Crippen molar-refractivity contribution in [1.82, 2.24) is 4.90 Å². The molecule has 2 aliphatic heterocycles. The number of carbonyl (C=O) groups is 2. The van der Waals surface area contributed by atoms with Gasteiger partial charge >= 0.3 is 0 Å². The molecule has 5 unspecified atom stereocenters. The molecule has 1 saturated carbocycles. The second kappa shape index (κ2) is 6.75. The van der Waals surface area contributed by atoms with E-state index in [-0.39, 0.29) is 53.8 Å². The van der Waals surface area contributed by atoms with Crippen LogP contribution in [0.4, 0.5) is 4.39 Å². The molecule has 0 bridgehead atoms. The van der Waals surface area contributed by atoms with Gasteiger partial charge in [0.15, 0.2) is 11.5 Å². The molecule has 1 N–H and O–H groups in total. The summed E-state index contributed by atoms with van der Waals surface area (Å²) in [6.45, 7) is 3.91. The van der Waals surface area contributed by atoms with Crippen LogP contribution in [-0.2, 0) is 14.3 Å². The van der Waals surface area contributed by atoms with Crippen molar-refractivity contribution in [2.45, 2.75) is 38.8 Å². The normalized spacial score (nSPS) is 33.0. The maximum atomic E-state index is 14.6. The summed E-state index contributed by atoms with van der Waals surface area (Å²) in [5.74, 6) is -0.729. The van der Waals surface area contributed by atoms with E-state index in [9.17, 15) is 19.1 Å². The van der Waals surface area contributed by atoms with Gasteiger partial charge in [-0.2, -0.15) is 0 Å². The Labute approximate surface area is 157 Å². The maximum absolute atomic E-state index is 14.6. The van der Waals surface area contributed by atoms with Gasteiger partial charge in [0, 0.05) is 12.1 Å². The van der Waals surface area contributed by atoms with Crippen LogP contribution in [0.3, 0.4) is 0 Å². The van der Waals surface area contributed by atoms with Gasteiger partial charge in [-0.3, -0.25) is 9.59 Å². The molecule has 5 atom stereocenters. The van der Waals surface area contributed by atoms with Gasteiger partial charge in [-0.25, -0.2) is 4.39 Å². The van der Waals surface area contributed by atoms with E-state index in [2.05, 4.69) is 6.92 Å². The fourth-order valence-corrected chi connectivity index (χ4v) is 5.03. The van der Waals surface area contributed by atoms with Crippen molar-refractivity contribution in [2.75, 3.05) is 13.2 Å². The predicted octanol–water partition coefficient (Wildman–Crippen LogP) is 2.61. The number of amides is 1. The van der Waals surface area contributed by atoms with Crippen molar-refractivity contribution in [2.24, 2.45) is 17.8 Å². The molecule has 2 heterocycles. The van der Waals surface area contributed by atoms with Crippen molar-refractivity contribution in [3.63, 3.8) is 0 Å². The van der Waals surface area contributed by atoms with E-state index in [1.807, 2.05) is 6.92 Å². The number of benzene rings is 1. The summed E-state index contributed by atoms with van der Waals surface area (Å²) in [7, 11) is 0. The number of aliphatic hydroxyl groups is 1. The molecule has 6 heteroatoms. The Kier molecular flexibility index (Phi) is 4.54. The molecular weight excluding hydrogens is 349 g/mol. The minimum Gasteiger partial charge on any atom is -0.483 e. The number of fused-ring (bicyclic) bond motifs is 1. The highest BCUT2D eigenvalue weighted by Crippen LogP contribution is 2.49. The maximum Gasteiger partial charge on any atom is 0.290 e. The Hall–Kier alpha value is -2.21. The highest BCUT2D eigenvalue weighted by Gasteiger charge is 2.54. The van der Waals surface area contributed by atoms with E-state index < -0.39 is 17.8 Å². The molecule has 1 aromatic carbocycles. The molecule has 5 nitrogen and oxygen atoms in total. The first-order valence-electron chi connectivity index (χ1n) is 9.55. The molecule has 27 heavy (non-hydrogen) atoms. The lowest BCUT2D eigenvalue weighted by atomic mass is 9.69. The molecule has 0 saturated heterocycles. The average molecular weight is 373 g/mol. The van der Waals surface area contributed by atoms with Crippen LogP contribution in [0.25, 0.3) is 0 Å². The van der Waals surface area contributed by atoms with Crippen LogP contribution in [0.1, 0.15) is 38.3 Å². The molecule has 144 valence electrons. The minimum atomic E-state index is -0.846. The molecule has 4 rings (SSSR count). The number of Topliss-reactive ketones (excluding diaryl/α,β-unsaturated/α-hetero) is 1. The number of hydrogen-bond donors (Lipinski definition) is 1.